The maximum Gasteiger partial charge on any atom is 0.291 e. The number of hydrogen-bond acceptors (Lipinski definition) is 5. The average molecular weight is 367 g/mol. The van der Waals surface area contributed by atoms with Crippen molar-refractivity contribution in [2.45, 2.75) is 26.0 Å². The van der Waals surface area contributed by atoms with E-state index in [1.807, 2.05) is 6.92 Å². The normalized spacial score (nSPS) is 20.8. The lowest BCUT2D eigenvalue weighted by Gasteiger charge is -2.28. The number of amides is 1. The number of β-amino-alcohol motifs (C(OH)–C–C–N with tert-alkyl or cyclic N) is 1. The highest BCUT2D eigenvalue weighted by molar-refractivity contribution is 6.44. The summed E-state index contributed by atoms with van der Waals surface area (Å²) in [5.74, 6) is -3.14. The predicted octanol–water partition coefficient (Wildman–Crippen LogP) is 2.03. The zero-order chi connectivity index (χ0) is 19.7. The summed E-state index contributed by atoms with van der Waals surface area (Å²) in [4.78, 5) is 39.6. The highest BCUT2D eigenvalue weighted by atomic mass is 16.3. The number of aliphatic hydroxyl groups is 1. The van der Waals surface area contributed by atoms with Crippen LogP contribution in [0.3, 0.4) is 0 Å². The van der Waals surface area contributed by atoms with Crippen molar-refractivity contribution in [1.82, 2.24) is 4.90 Å². The van der Waals surface area contributed by atoms with Crippen LogP contribution in [0, 0.1) is 12.8 Å². The Morgan fingerprint density at radius 3 is 2.22 bits per heavy atom. The molecule has 3 unspecified atom stereocenters. The molecule has 1 fully saturated rings. The number of carbonyl (C=O) groups is 3. The Labute approximate surface area is 157 Å². The molecule has 0 aliphatic carbocycles. The van der Waals surface area contributed by atoms with Crippen LogP contribution in [0.15, 0.2) is 48.5 Å². The third kappa shape index (κ3) is 3.61. The summed E-state index contributed by atoms with van der Waals surface area (Å²) in [5, 5.41) is 19.3. The summed E-state index contributed by atoms with van der Waals surface area (Å²) in [7, 11) is 0. The van der Waals surface area contributed by atoms with E-state index in [2.05, 4.69) is 0 Å². The molecule has 1 aliphatic rings. The van der Waals surface area contributed by atoms with Crippen LogP contribution >= 0.6 is 0 Å². The van der Waals surface area contributed by atoms with Crippen molar-refractivity contribution >= 4 is 17.5 Å². The fraction of sp³-hybridized carbons (Fsp3) is 0.286. The van der Waals surface area contributed by atoms with E-state index in [0.29, 0.717) is 11.1 Å². The van der Waals surface area contributed by atoms with Crippen LogP contribution in [-0.4, -0.2) is 45.2 Å². The van der Waals surface area contributed by atoms with Gasteiger partial charge in [0, 0.05) is 12.1 Å². The van der Waals surface area contributed by atoms with Gasteiger partial charge < -0.3 is 15.1 Å². The monoisotopic (exact) mass is 367 g/mol. The van der Waals surface area contributed by atoms with Crippen molar-refractivity contribution in [3.05, 3.63) is 65.2 Å². The SMILES string of the molecule is Cc1ccc(C(=O)C2C(=O)C(=O)N(CC(C)O)C2c2ccc(O)cc2)cc1. The minimum absolute atomic E-state index is 0.0397. The second kappa shape index (κ2) is 7.32. The molecule has 0 bridgehead atoms. The molecule has 1 aliphatic heterocycles. The summed E-state index contributed by atoms with van der Waals surface area (Å²) in [5.41, 5.74) is 1.89. The number of phenols is 1. The molecule has 6 heteroatoms. The minimum Gasteiger partial charge on any atom is -0.508 e. The fourth-order valence-corrected chi connectivity index (χ4v) is 3.41. The van der Waals surface area contributed by atoms with Gasteiger partial charge in [-0.3, -0.25) is 14.4 Å². The quantitative estimate of drug-likeness (QED) is 0.479. The molecule has 0 spiro atoms. The van der Waals surface area contributed by atoms with Crippen LogP contribution in [0.25, 0.3) is 0 Å². The van der Waals surface area contributed by atoms with Gasteiger partial charge in [0.25, 0.3) is 5.91 Å². The first kappa shape index (κ1) is 18.8. The average Bonchev–Trinajstić information content (AvgIpc) is 2.87. The van der Waals surface area contributed by atoms with E-state index >= 15 is 0 Å². The second-order valence-corrected chi connectivity index (χ2v) is 6.92. The molecule has 1 amide bonds. The Kier molecular flexibility index (Phi) is 5.10. The van der Waals surface area contributed by atoms with Gasteiger partial charge in [-0.2, -0.15) is 0 Å². The van der Waals surface area contributed by atoms with Crippen LogP contribution < -0.4 is 0 Å². The third-order valence-electron chi connectivity index (χ3n) is 4.72. The molecule has 140 valence electrons. The highest BCUT2D eigenvalue weighted by Crippen LogP contribution is 2.38. The van der Waals surface area contributed by atoms with Gasteiger partial charge in [-0.15, -0.1) is 0 Å². The number of aromatic hydroxyl groups is 1. The first-order valence-electron chi connectivity index (χ1n) is 8.72. The Morgan fingerprint density at radius 1 is 1.07 bits per heavy atom. The lowest BCUT2D eigenvalue weighted by Crippen LogP contribution is -2.36. The topological polar surface area (TPSA) is 94.9 Å². The van der Waals surface area contributed by atoms with Crippen molar-refractivity contribution < 1.29 is 24.6 Å². The first-order chi connectivity index (χ1) is 12.8. The van der Waals surface area contributed by atoms with E-state index in [-0.39, 0.29) is 12.3 Å². The predicted molar refractivity (Wildman–Crippen MR) is 98.2 cm³/mol. The first-order valence-corrected chi connectivity index (χ1v) is 8.72. The van der Waals surface area contributed by atoms with Crippen molar-refractivity contribution in [1.29, 1.82) is 0 Å². The molecule has 2 aromatic rings. The molecule has 1 saturated heterocycles. The fourth-order valence-electron chi connectivity index (χ4n) is 3.41. The number of likely N-dealkylation sites (tertiary alicyclic amines) is 1. The number of ketones is 2. The third-order valence-corrected chi connectivity index (χ3v) is 4.72. The van der Waals surface area contributed by atoms with Crippen molar-refractivity contribution in [3.63, 3.8) is 0 Å². The molecule has 1 heterocycles. The maximum atomic E-state index is 13.1. The van der Waals surface area contributed by atoms with Gasteiger partial charge in [-0.05, 0) is 31.5 Å². The highest BCUT2D eigenvalue weighted by Gasteiger charge is 2.51. The maximum absolute atomic E-state index is 13.1. The number of aliphatic hydroxyl groups excluding tert-OH is 1. The zero-order valence-corrected chi connectivity index (χ0v) is 15.1. The summed E-state index contributed by atoms with van der Waals surface area (Å²) < 4.78 is 0. The number of nitrogens with zero attached hydrogens (tertiary/aromatic N) is 1. The number of phenolic OH excluding ortho intramolecular Hbond substituents is 1. The number of hydrogen-bond donors (Lipinski definition) is 2. The molecule has 2 N–H and O–H groups in total. The summed E-state index contributed by atoms with van der Waals surface area (Å²) in [6, 6.07) is 12.0. The molecule has 0 radical (unpaired) electrons. The zero-order valence-electron chi connectivity index (χ0n) is 15.1. The van der Waals surface area contributed by atoms with E-state index < -0.39 is 35.5 Å². The van der Waals surface area contributed by atoms with Crippen molar-refractivity contribution in [3.8, 4) is 5.75 Å². The smallest absolute Gasteiger partial charge is 0.291 e. The number of benzene rings is 2. The Morgan fingerprint density at radius 2 is 1.67 bits per heavy atom. The largest absolute Gasteiger partial charge is 0.508 e. The minimum atomic E-state index is -1.19. The molecule has 27 heavy (non-hydrogen) atoms. The molecule has 2 aromatic carbocycles. The number of aryl methyl sites for hydroxylation is 1. The van der Waals surface area contributed by atoms with Crippen molar-refractivity contribution in [2.75, 3.05) is 6.54 Å². The Balaban J connectivity index is 2.06. The van der Waals surface area contributed by atoms with E-state index in [1.165, 1.54) is 24.0 Å². The van der Waals surface area contributed by atoms with Gasteiger partial charge in [0.15, 0.2) is 5.78 Å². The molecule has 3 rings (SSSR count). The van der Waals surface area contributed by atoms with Gasteiger partial charge in [-0.1, -0.05) is 42.0 Å². The summed E-state index contributed by atoms with van der Waals surface area (Å²) in [6.45, 7) is 3.34. The van der Waals surface area contributed by atoms with E-state index in [4.69, 9.17) is 0 Å². The number of Topliss-reactive ketones (excluding diaryl/α,β-unsaturated/α-hetero) is 2. The van der Waals surface area contributed by atoms with Gasteiger partial charge in [0.05, 0.1) is 12.1 Å². The van der Waals surface area contributed by atoms with Gasteiger partial charge in [0.1, 0.15) is 11.7 Å². The Hall–Kier alpha value is -2.99. The standard InChI is InChI=1S/C21H21NO5/c1-12-3-5-15(6-4-12)19(25)17-18(14-7-9-16(24)10-8-14)22(11-13(2)23)21(27)20(17)26/h3-10,13,17-18,23-24H,11H2,1-2H3. The van der Waals surface area contributed by atoms with E-state index in [0.717, 1.165) is 5.56 Å². The second-order valence-electron chi connectivity index (χ2n) is 6.92. The van der Waals surface area contributed by atoms with Crippen molar-refractivity contribution in [2.24, 2.45) is 5.92 Å². The van der Waals surface area contributed by atoms with Crippen LogP contribution in [-0.2, 0) is 9.59 Å². The number of carbonyl (C=O) groups excluding carboxylic acids is 3. The van der Waals surface area contributed by atoms with Crippen LogP contribution in [0.5, 0.6) is 5.75 Å². The van der Waals surface area contributed by atoms with E-state index in [1.54, 1.807) is 36.4 Å². The van der Waals surface area contributed by atoms with Crippen LogP contribution in [0.2, 0.25) is 0 Å². The summed E-state index contributed by atoms with van der Waals surface area (Å²) in [6.07, 6.45) is -0.852. The Bertz CT molecular complexity index is 870. The van der Waals surface area contributed by atoms with Crippen LogP contribution in [0.1, 0.15) is 34.5 Å². The lowest BCUT2D eigenvalue weighted by atomic mass is 9.86. The molecular weight excluding hydrogens is 346 g/mol. The van der Waals surface area contributed by atoms with Gasteiger partial charge >= 0.3 is 0 Å². The molecule has 0 aromatic heterocycles. The van der Waals surface area contributed by atoms with Gasteiger partial charge in [0.2, 0.25) is 5.78 Å². The van der Waals surface area contributed by atoms with Crippen LogP contribution in [0.4, 0.5) is 0 Å². The molecular formula is C21H21NO5. The summed E-state index contributed by atoms with van der Waals surface area (Å²) >= 11 is 0. The molecule has 6 nitrogen and oxygen atoms in total. The lowest BCUT2D eigenvalue weighted by molar-refractivity contribution is -0.141. The molecule has 0 saturated carbocycles. The molecule has 3 atom stereocenters. The van der Waals surface area contributed by atoms with Gasteiger partial charge in [-0.25, -0.2) is 0 Å². The number of rotatable bonds is 5. The van der Waals surface area contributed by atoms with E-state index in [9.17, 15) is 24.6 Å².